The molecular weight excluding hydrogens is 370 g/mol. The van der Waals surface area contributed by atoms with Crippen LogP contribution >= 0.6 is 0 Å². The van der Waals surface area contributed by atoms with Crippen molar-refractivity contribution in [3.8, 4) is 5.75 Å². The Kier molecular flexibility index (Phi) is 6.34. The molecule has 2 aromatic rings. The highest BCUT2D eigenvalue weighted by atomic mass is 16.5. The lowest BCUT2D eigenvalue weighted by Gasteiger charge is -2.25. The summed E-state index contributed by atoms with van der Waals surface area (Å²) in [5.74, 6) is -0.813. The van der Waals surface area contributed by atoms with E-state index >= 15 is 0 Å². The molecule has 1 saturated heterocycles. The molecule has 1 aliphatic heterocycles. The number of ether oxygens (including phenoxy) is 2. The number of nitrogens with zero attached hydrogens (tertiary/aromatic N) is 1. The number of hydrogen-bond acceptors (Lipinski definition) is 5. The van der Waals surface area contributed by atoms with Gasteiger partial charge in [-0.3, -0.25) is 9.59 Å². The van der Waals surface area contributed by atoms with E-state index in [0.717, 1.165) is 11.1 Å². The van der Waals surface area contributed by atoms with Gasteiger partial charge < -0.3 is 19.5 Å². The fourth-order valence-electron chi connectivity index (χ4n) is 3.55. The molecule has 1 heterocycles. The van der Waals surface area contributed by atoms with Gasteiger partial charge >= 0.3 is 0 Å². The summed E-state index contributed by atoms with van der Waals surface area (Å²) in [6.07, 6.45) is 0. The van der Waals surface area contributed by atoms with Crippen LogP contribution < -0.4 is 4.74 Å². The maximum Gasteiger partial charge on any atom is 0.295 e. The lowest BCUT2D eigenvalue weighted by Crippen LogP contribution is -2.32. The highest BCUT2D eigenvalue weighted by molar-refractivity contribution is 6.46. The summed E-state index contributed by atoms with van der Waals surface area (Å²) in [6.45, 7) is 4.84. The molecule has 1 fully saturated rings. The Bertz CT molecular complexity index is 936. The van der Waals surface area contributed by atoms with E-state index in [0.29, 0.717) is 24.5 Å². The number of Topliss-reactive ketones (excluding diaryl/α,β-unsaturated/α-hetero) is 1. The predicted octanol–water partition coefficient (Wildman–Crippen LogP) is 3.46. The number of aliphatic hydroxyl groups excluding tert-OH is 1. The molecule has 2 aromatic carbocycles. The molecule has 0 spiro atoms. The molecule has 3 rings (SSSR count). The molecule has 0 bridgehead atoms. The highest BCUT2D eigenvalue weighted by Gasteiger charge is 2.45. The number of benzene rings is 2. The lowest BCUT2D eigenvalue weighted by molar-refractivity contribution is -0.140. The van der Waals surface area contributed by atoms with Crippen molar-refractivity contribution >= 4 is 17.4 Å². The van der Waals surface area contributed by atoms with E-state index in [1.807, 2.05) is 44.2 Å². The van der Waals surface area contributed by atoms with Crippen molar-refractivity contribution in [3.63, 3.8) is 0 Å². The molecule has 29 heavy (non-hydrogen) atoms. The molecule has 1 N–H and O–H groups in total. The Morgan fingerprint density at radius 2 is 1.86 bits per heavy atom. The fraction of sp³-hybridized carbons (Fsp3) is 0.304. The van der Waals surface area contributed by atoms with E-state index in [1.54, 1.807) is 18.2 Å². The number of methoxy groups -OCH3 is 1. The van der Waals surface area contributed by atoms with Crippen LogP contribution in [0, 0.1) is 6.92 Å². The number of likely N-dealkylation sites (tertiary alicyclic amines) is 1. The largest absolute Gasteiger partial charge is 0.507 e. The van der Waals surface area contributed by atoms with Gasteiger partial charge in [0, 0.05) is 19.2 Å². The van der Waals surface area contributed by atoms with Crippen LogP contribution in [0.3, 0.4) is 0 Å². The van der Waals surface area contributed by atoms with Gasteiger partial charge in [0.2, 0.25) is 0 Å². The molecule has 0 radical (unpaired) electrons. The first-order valence-corrected chi connectivity index (χ1v) is 9.55. The Morgan fingerprint density at radius 3 is 2.48 bits per heavy atom. The van der Waals surface area contributed by atoms with E-state index in [2.05, 4.69) is 0 Å². The molecule has 6 heteroatoms. The first kappa shape index (κ1) is 20.6. The Hall–Kier alpha value is -3.12. The maximum absolute atomic E-state index is 12.9. The van der Waals surface area contributed by atoms with Gasteiger partial charge in [-0.1, -0.05) is 30.3 Å². The molecule has 6 nitrogen and oxygen atoms in total. The number of carbonyl (C=O) groups is 2. The molecule has 1 amide bonds. The van der Waals surface area contributed by atoms with Gasteiger partial charge in [-0.15, -0.1) is 0 Å². The van der Waals surface area contributed by atoms with Gasteiger partial charge in [-0.2, -0.15) is 0 Å². The molecular formula is C23H25NO5. The predicted molar refractivity (Wildman–Crippen MR) is 110 cm³/mol. The quantitative estimate of drug-likeness (QED) is 0.441. The topological polar surface area (TPSA) is 76.1 Å². The zero-order valence-electron chi connectivity index (χ0n) is 16.8. The summed E-state index contributed by atoms with van der Waals surface area (Å²) in [5.41, 5.74) is 2.14. The zero-order valence-corrected chi connectivity index (χ0v) is 16.8. The van der Waals surface area contributed by atoms with Crippen LogP contribution in [0.5, 0.6) is 5.75 Å². The van der Waals surface area contributed by atoms with Crippen molar-refractivity contribution in [2.45, 2.75) is 19.9 Å². The molecule has 0 aromatic heterocycles. The van der Waals surface area contributed by atoms with Crippen LogP contribution in [0.15, 0.2) is 54.1 Å². The minimum Gasteiger partial charge on any atom is -0.507 e. The van der Waals surface area contributed by atoms with Gasteiger partial charge in [0.15, 0.2) is 0 Å². The summed E-state index contributed by atoms with van der Waals surface area (Å²) in [4.78, 5) is 27.0. The van der Waals surface area contributed by atoms with Gasteiger partial charge in [0.25, 0.3) is 11.7 Å². The first-order valence-electron chi connectivity index (χ1n) is 9.55. The van der Waals surface area contributed by atoms with Crippen molar-refractivity contribution in [1.29, 1.82) is 0 Å². The van der Waals surface area contributed by atoms with Gasteiger partial charge in [-0.25, -0.2) is 0 Å². The average Bonchev–Trinajstić information content (AvgIpc) is 2.98. The number of amides is 1. The molecule has 1 atom stereocenters. The number of carbonyl (C=O) groups excluding carboxylic acids is 2. The summed E-state index contributed by atoms with van der Waals surface area (Å²) in [7, 11) is 1.54. The molecule has 152 valence electrons. The monoisotopic (exact) mass is 395 g/mol. The third-order valence-electron chi connectivity index (χ3n) is 4.94. The Labute approximate surface area is 170 Å². The first-order chi connectivity index (χ1) is 14.0. The van der Waals surface area contributed by atoms with Crippen molar-refractivity contribution in [1.82, 2.24) is 4.90 Å². The van der Waals surface area contributed by atoms with Crippen LogP contribution in [0.2, 0.25) is 0 Å². The molecule has 1 aliphatic rings. The highest BCUT2D eigenvalue weighted by Crippen LogP contribution is 2.39. The van der Waals surface area contributed by atoms with E-state index in [9.17, 15) is 14.7 Å². The second kappa shape index (κ2) is 8.92. The summed E-state index contributed by atoms with van der Waals surface area (Å²) >= 11 is 0. The zero-order chi connectivity index (χ0) is 21.0. The van der Waals surface area contributed by atoms with Crippen LogP contribution in [0.25, 0.3) is 5.76 Å². The van der Waals surface area contributed by atoms with Crippen molar-refractivity contribution in [2.24, 2.45) is 0 Å². The molecule has 0 saturated carbocycles. The Balaban J connectivity index is 2.12. The normalized spacial score (nSPS) is 18.3. The second-order valence-electron chi connectivity index (χ2n) is 6.81. The van der Waals surface area contributed by atoms with E-state index in [-0.39, 0.29) is 17.9 Å². The van der Waals surface area contributed by atoms with Crippen molar-refractivity contribution in [3.05, 3.63) is 70.8 Å². The number of aryl methyl sites for hydroxylation is 1. The molecule has 0 aliphatic carbocycles. The van der Waals surface area contributed by atoms with Crippen LogP contribution in [0.1, 0.15) is 29.7 Å². The number of aliphatic hydroxyl groups is 1. The van der Waals surface area contributed by atoms with E-state index < -0.39 is 17.7 Å². The minimum atomic E-state index is -0.695. The van der Waals surface area contributed by atoms with Gasteiger partial charge in [0.05, 0.1) is 24.8 Å². The third-order valence-corrected chi connectivity index (χ3v) is 4.94. The minimum absolute atomic E-state index is 0.0841. The Morgan fingerprint density at radius 1 is 1.14 bits per heavy atom. The van der Waals surface area contributed by atoms with Gasteiger partial charge in [0.1, 0.15) is 11.5 Å². The van der Waals surface area contributed by atoms with Gasteiger partial charge in [-0.05, 0) is 43.2 Å². The van der Waals surface area contributed by atoms with Crippen molar-refractivity contribution < 1.29 is 24.2 Å². The fourth-order valence-corrected chi connectivity index (χ4v) is 3.55. The van der Waals surface area contributed by atoms with Crippen LogP contribution in [0.4, 0.5) is 0 Å². The number of rotatable bonds is 7. The second-order valence-corrected chi connectivity index (χ2v) is 6.81. The van der Waals surface area contributed by atoms with E-state index in [4.69, 9.17) is 9.47 Å². The van der Waals surface area contributed by atoms with E-state index in [1.165, 1.54) is 12.0 Å². The molecule has 1 unspecified atom stereocenters. The van der Waals surface area contributed by atoms with Crippen LogP contribution in [-0.4, -0.2) is 48.6 Å². The number of ketones is 1. The average molecular weight is 395 g/mol. The smallest absolute Gasteiger partial charge is 0.295 e. The number of hydrogen-bond donors (Lipinski definition) is 1. The summed E-state index contributed by atoms with van der Waals surface area (Å²) in [6, 6.07) is 13.8. The lowest BCUT2D eigenvalue weighted by atomic mass is 9.95. The van der Waals surface area contributed by atoms with Crippen molar-refractivity contribution in [2.75, 3.05) is 26.9 Å². The third kappa shape index (κ3) is 4.03. The van der Waals surface area contributed by atoms with Crippen LogP contribution in [-0.2, 0) is 14.3 Å². The summed E-state index contributed by atoms with van der Waals surface area (Å²) < 4.78 is 10.7. The SMILES string of the molecule is CCOc1ccc(/C(O)=C2/C(=O)C(=O)N(CCOC)C2c2ccccc2)cc1C. The standard InChI is InChI=1S/C23H25NO5/c1-4-29-18-11-10-17(14-15(18)2)21(25)19-20(16-8-6-5-7-9-16)24(12-13-28-3)23(27)22(19)26/h5-11,14,20,25H,4,12-13H2,1-3H3/b21-19-. The maximum atomic E-state index is 12.9. The summed E-state index contributed by atoms with van der Waals surface area (Å²) in [5, 5.41) is 11.0.